The van der Waals surface area contributed by atoms with Crippen molar-refractivity contribution in [3.63, 3.8) is 0 Å². The molecule has 160 valence electrons. The third kappa shape index (κ3) is 4.93. The summed E-state index contributed by atoms with van der Waals surface area (Å²) in [5.41, 5.74) is 1.31. The van der Waals surface area contributed by atoms with E-state index in [-0.39, 0.29) is 29.2 Å². The molecule has 0 bridgehead atoms. The fourth-order valence-corrected chi connectivity index (χ4v) is 4.26. The van der Waals surface area contributed by atoms with Crippen LogP contribution in [-0.4, -0.2) is 43.8 Å². The van der Waals surface area contributed by atoms with E-state index in [2.05, 4.69) is 15.5 Å². The number of para-hydroxylation sites is 1. The van der Waals surface area contributed by atoms with Crippen molar-refractivity contribution in [1.29, 1.82) is 0 Å². The number of anilines is 1. The van der Waals surface area contributed by atoms with Crippen LogP contribution in [0.3, 0.4) is 0 Å². The van der Waals surface area contributed by atoms with E-state index in [1.54, 1.807) is 21.6 Å². The third-order valence-electron chi connectivity index (χ3n) is 5.22. The first-order valence-electron chi connectivity index (χ1n) is 9.89. The number of thioether (sulfide) groups is 1. The molecule has 2 heterocycles. The summed E-state index contributed by atoms with van der Waals surface area (Å²) in [6.45, 7) is 1.01. The van der Waals surface area contributed by atoms with Crippen molar-refractivity contribution in [2.24, 2.45) is 7.05 Å². The maximum absolute atomic E-state index is 13.7. The number of carbonyl (C=O) groups is 2. The van der Waals surface area contributed by atoms with E-state index in [1.807, 2.05) is 37.4 Å². The van der Waals surface area contributed by atoms with E-state index in [0.717, 1.165) is 5.56 Å². The number of rotatable bonds is 7. The van der Waals surface area contributed by atoms with Gasteiger partial charge >= 0.3 is 0 Å². The molecule has 0 radical (unpaired) electrons. The fourth-order valence-electron chi connectivity index (χ4n) is 3.53. The van der Waals surface area contributed by atoms with Gasteiger partial charge in [0, 0.05) is 25.9 Å². The second-order valence-electron chi connectivity index (χ2n) is 7.36. The summed E-state index contributed by atoms with van der Waals surface area (Å²) in [7, 11) is 1.81. The van der Waals surface area contributed by atoms with Gasteiger partial charge in [0.1, 0.15) is 5.82 Å². The molecule has 31 heavy (non-hydrogen) atoms. The lowest BCUT2D eigenvalue weighted by Crippen LogP contribution is -2.26. The lowest BCUT2D eigenvalue weighted by molar-refractivity contribution is -0.128. The lowest BCUT2D eigenvalue weighted by atomic mass is 9.99. The van der Waals surface area contributed by atoms with Crippen molar-refractivity contribution in [3.05, 3.63) is 71.8 Å². The van der Waals surface area contributed by atoms with Crippen LogP contribution in [0.5, 0.6) is 0 Å². The number of halogens is 1. The molecule has 0 aliphatic carbocycles. The van der Waals surface area contributed by atoms with Gasteiger partial charge in [-0.3, -0.25) is 9.59 Å². The maximum Gasteiger partial charge on any atom is 0.234 e. The molecular formula is C22H22FN5O2S. The highest BCUT2D eigenvalue weighted by Crippen LogP contribution is 2.29. The number of amides is 2. The molecule has 1 saturated heterocycles. The topological polar surface area (TPSA) is 80.1 Å². The molecular weight excluding hydrogens is 417 g/mol. The summed E-state index contributed by atoms with van der Waals surface area (Å²) < 4.78 is 15.4. The van der Waals surface area contributed by atoms with Gasteiger partial charge in [0.15, 0.2) is 11.0 Å². The number of likely N-dealkylation sites (tertiary alicyclic amines) is 1. The van der Waals surface area contributed by atoms with Gasteiger partial charge in [-0.25, -0.2) is 4.39 Å². The zero-order valence-corrected chi connectivity index (χ0v) is 17.8. The Morgan fingerprint density at radius 1 is 1.16 bits per heavy atom. The molecule has 1 aliphatic heterocycles. The summed E-state index contributed by atoms with van der Waals surface area (Å²) in [5, 5.41) is 11.4. The van der Waals surface area contributed by atoms with E-state index in [0.29, 0.717) is 30.5 Å². The summed E-state index contributed by atoms with van der Waals surface area (Å²) >= 11 is 1.21. The molecule has 1 atom stereocenters. The van der Waals surface area contributed by atoms with Crippen molar-refractivity contribution < 1.29 is 14.0 Å². The zero-order chi connectivity index (χ0) is 21.8. The average molecular weight is 440 g/mol. The monoisotopic (exact) mass is 439 g/mol. The summed E-state index contributed by atoms with van der Waals surface area (Å²) in [6, 6.07) is 16.0. The molecule has 4 rings (SSSR count). The van der Waals surface area contributed by atoms with E-state index in [4.69, 9.17) is 0 Å². The van der Waals surface area contributed by atoms with Gasteiger partial charge in [-0.2, -0.15) is 0 Å². The van der Waals surface area contributed by atoms with Gasteiger partial charge < -0.3 is 14.8 Å². The van der Waals surface area contributed by atoms with Gasteiger partial charge in [-0.1, -0.05) is 54.2 Å². The third-order valence-corrected chi connectivity index (χ3v) is 6.24. The summed E-state index contributed by atoms with van der Waals surface area (Å²) in [6.07, 6.45) is 0.486. The van der Waals surface area contributed by atoms with Gasteiger partial charge in [0.25, 0.3) is 0 Å². The predicted octanol–water partition coefficient (Wildman–Crippen LogP) is 3.20. The Bertz CT molecular complexity index is 1090. The largest absolute Gasteiger partial charge is 0.335 e. The molecule has 0 unspecified atom stereocenters. The SMILES string of the molecule is Cn1c(CN2C[C@@H](c3ccccc3)CC2=O)nnc1SCC(=O)Nc1ccccc1F. The highest BCUT2D eigenvalue weighted by Gasteiger charge is 2.31. The molecule has 7 nitrogen and oxygen atoms in total. The number of aromatic nitrogens is 3. The molecule has 0 spiro atoms. The van der Waals surface area contributed by atoms with Gasteiger partial charge in [0.2, 0.25) is 11.8 Å². The van der Waals surface area contributed by atoms with Crippen molar-refractivity contribution >= 4 is 29.3 Å². The molecule has 2 amide bonds. The molecule has 9 heteroatoms. The number of hydrogen-bond acceptors (Lipinski definition) is 5. The Balaban J connectivity index is 1.33. The van der Waals surface area contributed by atoms with Crippen LogP contribution in [0.4, 0.5) is 10.1 Å². The molecule has 3 aromatic rings. The van der Waals surface area contributed by atoms with Crippen LogP contribution in [0.2, 0.25) is 0 Å². The molecule has 1 fully saturated rings. The Morgan fingerprint density at radius 3 is 2.68 bits per heavy atom. The number of benzene rings is 2. The van der Waals surface area contributed by atoms with Crippen LogP contribution >= 0.6 is 11.8 Å². The highest BCUT2D eigenvalue weighted by atomic mass is 32.2. The van der Waals surface area contributed by atoms with Gasteiger partial charge in [0.05, 0.1) is 18.0 Å². The van der Waals surface area contributed by atoms with Gasteiger partial charge in [-0.05, 0) is 17.7 Å². The first-order chi connectivity index (χ1) is 15.0. The van der Waals surface area contributed by atoms with Crippen molar-refractivity contribution in [2.45, 2.75) is 24.0 Å². The molecule has 0 saturated carbocycles. The first-order valence-corrected chi connectivity index (χ1v) is 10.9. The normalized spacial score (nSPS) is 16.0. The average Bonchev–Trinajstić information content (AvgIpc) is 3.32. The van der Waals surface area contributed by atoms with Crippen LogP contribution in [0.25, 0.3) is 0 Å². The molecule has 1 aromatic heterocycles. The Labute approximate surface area is 183 Å². The molecule has 1 aliphatic rings. The number of carbonyl (C=O) groups excluding carboxylic acids is 2. The molecule has 1 N–H and O–H groups in total. The van der Waals surface area contributed by atoms with E-state index < -0.39 is 5.82 Å². The minimum atomic E-state index is -0.481. The first kappa shape index (κ1) is 21.0. The van der Waals surface area contributed by atoms with Crippen molar-refractivity contribution in [3.8, 4) is 0 Å². The van der Waals surface area contributed by atoms with E-state index in [1.165, 1.54) is 23.9 Å². The van der Waals surface area contributed by atoms with Crippen LogP contribution in [0, 0.1) is 5.82 Å². The van der Waals surface area contributed by atoms with Crippen LogP contribution in [0.15, 0.2) is 59.8 Å². The smallest absolute Gasteiger partial charge is 0.234 e. The minimum Gasteiger partial charge on any atom is -0.335 e. The Morgan fingerprint density at radius 2 is 1.90 bits per heavy atom. The predicted molar refractivity (Wildman–Crippen MR) is 116 cm³/mol. The quantitative estimate of drug-likeness (QED) is 0.572. The van der Waals surface area contributed by atoms with Crippen molar-refractivity contribution in [1.82, 2.24) is 19.7 Å². The van der Waals surface area contributed by atoms with Crippen molar-refractivity contribution in [2.75, 3.05) is 17.6 Å². The standard InChI is InChI=1S/C22H22FN5O2S/c1-27-19(13-28-12-16(11-21(28)30)15-7-3-2-4-8-15)25-26-22(27)31-14-20(29)24-18-10-6-5-9-17(18)23/h2-10,16H,11-14H2,1H3,(H,24,29)/t16-/m0/s1. The second-order valence-corrected chi connectivity index (χ2v) is 8.30. The number of hydrogen-bond donors (Lipinski definition) is 1. The number of nitrogens with zero attached hydrogens (tertiary/aromatic N) is 4. The van der Waals surface area contributed by atoms with Crippen LogP contribution in [-0.2, 0) is 23.2 Å². The minimum absolute atomic E-state index is 0.0685. The zero-order valence-electron chi connectivity index (χ0n) is 17.0. The lowest BCUT2D eigenvalue weighted by Gasteiger charge is -2.16. The number of nitrogens with one attached hydrogen (secondary N) is 1. The van der Waals surface area contributed by atoms with Gasteiger partial charge in [-0.15, -0.1) is 10.2 Å². The summed E-state index contributed by atoms with van der Waals surface area (Å²) in [5.74, 6) is 0.178. The second kappa shape index (κ2) is 9.30. The van der Waals surface area contributed by atoms with E-state index in [9.17, 15) is 14.0 Å². The Hall–Kier alpha value is -3.20. The summed E-state index contributed by atoms with van der Waals surface area (Å²) in [4.78, 5) is 26.4. The fraction of sp³-hybridized carbons (Fsp3) is 0.273. The van der Waals surface area contributed by atoms with Crippen LogP contribution < -0.4 is 5.32 Å². The Kier molecular flexibility index (Phi) is 6.31. The highest BCUT2D eigenvalue weighted by molar-refractivity contribution is 7.99. The van der Waals surface area contributed by atoms with E-state index >= 15 is 0 Å². The van der Waals surface area contributed by atoms with Crippen LogP contribution in [0.1, 0.15) is 23.7 Å². The maximum atomic E-state index is 13.7. The molecule has 2 aromatic carbocycles.